The molecule has 0 N–H and O–H groups in total. The van der Waals surface area contributed by atoms with E-state index in [0.29, 0.717) is 6.61 Å². The number of para-hydroxylation sites is 1. The van der Waals surface area contributed by atoms with Crippen molar-refractivity contribution >= 4 is 17.1 Å². The SMILES string of the molecule is Cc1cc(C(=O)C2CCOc3ccccc32)c(C)s1. The summed E-state index contributed by atoms with van der Waals surface area (Å²) in [7, 11) is 0. The molecule has 0 amide bonds. The van der Waals surface area contributed by atoms with Gasteiger partial charge in [0, 0.05) is 20.9 Å². The molecule has 1 unspecified atom stereocenters. The van der Waals surface area contributed by atoms with Gasteiger partial charge >= 0.3 is 0 Å². The number of benzene rings is 1. The van der Waals surface area contributed by atoms with Crippen LogP contribution in [0.2, 0.25) is 0 Å². The number of carbonyl (C=O) groups excluding carboxylic acids is 1. The predicted molar refractivity (Wildman–Crippen MR) is 77.4 cm³/mol. The Morgan fingerprint density at radius 1 is 1.32 bits per heavy atom. The fraction of sp³-hybridized carbons (Fsp3) is 0.312. The van der Waals surface area contributed by atoms with E-state index in [-0.39, 0.29) is 11.7 Å². The molecule has 98 valence electrons. The van der Waals surface area contributed by atoms with Crippen LogP contribution >= 0.6 is 11.3 Å². The van der Waals surface area contributed by atoms with E-state index in [1.54, 1.807) is 11.3 Å². The van der Waals surface area contributed by atoms with Crippen molar-refractivity contribution in [3.63, 3.8) is 0 Å². The van der Waals surface area contributed by atoms with Gasteiger partial charge in [-0.15, -0.1) is 11.3 Å². The van der Waals surface area contributed by atoms with Gasteiger partial charge in [-0.2, -0.15) is 0 Å². The summed E-state index contributed by atoms with van der Waals surface area (Å²) in [5, 5.41) is 0. The Morgan fingerprint density at radius 3 is 2.84 bits per heavy atom. The standard InChI is InChI=1S/C16H16O2S/c1-10-9-14(11(2)19-10)16(17)13-7-8-18-15-6-4-3-5-12(13)15/h3-6,9,13H,7-8H2,1-2H3. The van der Waals surface area contributed by atoms with Gasteiger partial charge in [0.15, 0.2) is 5.78 Å². The zero-order chi connectivity index (χ0) is 13.4. The molecule has 1 aliphatic rings. The Balaban J connectivity index is 2.00. The van der Waals surface area contributed by atoms with Crippen molar-refractivity contribution in [2.24, 2.45) is 0 Å². The topological polar surface area (TPSA) is 26.3 Å². The third-order valence-corrected chi connectivity index (χ3v) is 4.55. The molecule has 3 heteroatoms. The summed E-state index contributed by atoms with van der Waals surface area (Å²) in [5.74, 6) is 1.03. The van der Waals surface area contributed by atoms with E-state index in [4.69, 9.17) is 4.74 Å². The minimum atomic E-state index is -0.0577. The first-order chi connectivity index (χ1) is 9.16. The van der Waals surface area contributed by atoms with E-state index < -0.39 is 0 Å². The molecule has 0 aliphatic carbocycles. The van der Waals surface area contributed by atoms with E-state index in [1.165, 1.54) is 4.88 Å². The lowest BCUT2D eigenvalue weighted by Crippen LogP contribution is -2.21. The van der Waals surface area contributed by atoms with Crippen LogP contribution in [0.5, 0.6) is 5.75 Å². The van der Waals surface area contributed by atoms with Crippen molar-refractivity contribution in [1.82, 2.24) is 0 Å². The van der Waals surface area contributed by atoms with Crippen LogP contribution in [0, 0.1) is 13.8 Å². The highest BCUT2D eigenvalue weighted by Crippen LogP contribution is 2.37. The monoisotopic (exact) mass is 272 g/mol. The van der Waals surface area contributed by atoms with Crippen LogP contribution in [0.15, 0.2) is 30.3 Å². The number of fused-ring (bicyclic) bond motifs is 1. The van der Waals surface area contributed by atoms with Gasteiger partial charge in [-0.3, -0.25) is 4.79 Å². The first kappa shape index (κ1) is 12.4. The van der Waals surface area contributed by atoms with Crippen LogP contribution in [0.3, 0.4) is 0 Å². The number of ether oxygens (including phenoxy) is 1. The van der Waals surface area contributed by atoms with Crippen molar-refractivity contribution < 1.29 is 9.53 Å². The van der Waals surface area contributed by atoms with Gasteiger partial charge < -0.3 is 4.74 Å². The molecule has 1 aliphatic heterocycles. The number of Topliss-reactive ketones (excluding diaryl/α,β-unsaturated/α-hetero) is 1. The van der Waals surface area contributed by atoms with Crippen LogP contribution in [0.4, 0.5) is 0 Å². The van der Waals surface area contributed by atoms with Crippen LogP contribution in [-0.2, 0) is 0 Å². The molecule has 1 aromatic carbocycles. The molecule has 0 spiro atoms. The van der Waals surface area contributed by atoms with Crippen LogP contribution < -0.4 is 4.74 Å². The molecular formula is C16H16O2S. The number of aryl methyl sites for hydroxylation is 2. The minimum absolute atomic E-state index is 0.0577. The lowest BCUT2D eigenvalue weighted by Gasteiger charge is -2.24. The second-order valence-corrected chi connectivity index (χ2v) is 6.38. The predicted octanol–water partition coefficient (Wildman–Crippen LogP) is 4.11. The maximum atomic E-state index is 12.7. The highest BCUT2D eigenvalue weighted by molar-refractivity contribution is 7.12. The number of hydrogen-bond donors (Lipinski definition) is 0. The quantitative estimate of drug-likeness (QED) is 0.769. The van der Waals surface area contributed by atoms with Crippen molar-refractivity contribution in [3.05, 3.63) is 51.2 Å². The zero-order valence-corrected chi connectivity index (χ0v) is 11.9. The van der Waals surface area contributed by atoms with E-state index in [1.807, 2.05) is 44.2 Å². The molecule has 3 rings (SSSR count). The number of rotatable bonds is 2. The molecule has 0 radical (unpaired) electrons. The van der Waals surface area contributed by atoms with Crippen molar-refractivity contribution in [1.29, 1.82) is 0 Å². The molecule has 19 heavy (non-hydrogen) atoms. The van der Waals surface area contributed by atoms with Gasteiger partial charge in [0.05, 0.1) is 12.5 Å². The van der Waals surface area contributed by atoms with Gasteiger partial charge in [-0.25, -0.2) is 0 Å². The highest BCUT2D eigenvalue weighted by atomic mass is 32.1. The summed E-state index contributed by atoms with van der Waals surface area (Å²) < 4.78 is 5.63. The van der Waals surface area contributed by atoms with Gasteiger partial charge in [0.25, 0.3) is 0 Å². The molecule has 1 atom stereocenters. The summed E-state index contributed by atoms with van der Waals surface area (Å²) in [6.45, 7) is 4.69. The lowest BCUT2D eigenvalue weighted by atomic mass is 9.86. The first-order valence-corrected chi connectivity index (χ1v) is 7.31. The number of hydrogen-bond acceptors (Lipinski definition) is 3. The van der Waals surface area contributed by atoms with E-state index >= 15 is 0 Å². The smallest absolute Gasteiger partial charge is 0.171 e. The maximum absolute atomic E-state index is 12.7. The first-order valence-electron chi connectivity index (χ1n) is 6.50. The third-order valence-electron chi connectivity index (χ3n) is 3.58. The zero-order valence-electron chi connectivity index (χ0n) is 11.1. The minimum Gasteiger partial charge on any atom is -0.493 e. The molecule has 2 nitrogen and oxygen atoms in total. The van der Waals surface area contributed by atoms with E-state index in [0.717, 1.165) is 28.2 Å². The average Bonchev–Trinajstić information content (AvgIpc) is 2.76. The average molecular weight is 272 g/mol. The van der Waals surface area contributed by atoms with Crippen molar-refractivity contribution in [3.8, 4) is 5.75 Å². The second kappa shape index (κ2) is 4.82. The molecule has 0 saturated carbocycles. The molecule has 2 aromatic rings. The Labute approximate surface area is 117 Å². The van der Waals surface area contributed by atoms with Gasteiger partial charge in [0.1, 0.15) is 5.75 Å². The van der Waals surface area contributed by atoms with Crippen LogP contribution in [-0.4, -0.2) is 12.4 Å². The summed E-state index contributed by atoms with van der Waals surface area (Å²) in [5.41, 5.74) is 1.91. The third kappa shape index (κ3) is 2.19. The summed E-state index contributed by atoms with van der Waals surface area (Å²) in [6.07, 6.45) is 0.768. The number of carbonyl (C=O) groups is 1. The second-order valence-electron chi connectivity index (χ2n) is 4.92. The number of ketones is 1. The lowest BCUT2D eigenvalue weighted by molar-refractivity contribution is 0.0933. The van der Waals surface area contributed by atoms with Crippen LogP contribution in [0.25, 0.3) is 0 Å². The Hall–Kier alpha value is -1.61. The molecule has 1 aromatic heterocycles. The summed E-state index contributed by atoms with van der Waals surface area (Å²) in [4.78, 5) is 15.1. The van der Waals surface area contributed by atoms with Crippen LogP contribution in [0.1, 0.15) is 38.0 Å². The van der Waals surface area contributed by atoms with Gasteiger partial charge in [-0.05, 0) is 32.4 Å². The summed E-state index contributed by atoms with van der Waals surface area (Å²) >= 11 is 1.69. The molecule has 0 bridgehead atoms. The Morgan fingerprint density at radius 2 is 2.11 bits per heavy atom. The van der Waals surface area contributed by atoms with E-state index in [9.17, 15) is 4.79 Å². The normalized spacial score (nSPS) is 17.7. The molecule has 2 heterocycles. The fourth-order valence-electron chi connectivity index (χ4n) is 2.68. The Kier molecular flexibility index (Phi) is 3.15. The Bertz CT molecular complexity index is 627. The largest absolute Gasteiger partial charge is 0.493 e. The van der Waals surface area contributed by atoms with Crippen molar-refractivity contribution in [2.45, 2.75) is 26.2 Å². The van der Waals surface area contributed by atoms with Crippen molar-refractivity contribution in [2.75, 3.05) is 6.61 Å². The van der Waals surface area contributed by atoms with E-state index in [2.05, 4.69) is 0 Å². The fourth-order valence-corrected chi connectivity index (χ4v) is 3.61. The number of thiophene rings is 1. The molecule has 0 saturated heterocycles. The molecular weight excluding hydrogens is 256 g/mol. The highest BCUT2D eigenvalue weighted by Gasteiger charge is 2.29. The van der Waals surface area contributed by atoms with Gasteiger partial charge in [-0.1, -0.05) is 18.2 Å². The maximum Gasteiger partial charge on any atom is 0.171 e. The van der Waals surface area contributed by atoms with Gasteiger partial charge in [0.2, 0.25) is 0 Å². The molecule has 0 fully saturated rings. The summed E-state index contributed by atoms with van der Waals surface area (Å²) in [6, 6.07) is 9.89.